The largest absolute Gasteiger partial charge is 0.396 e. The van der Waals surface area contributed by atoms with Crippen LogP contribution in [0.3, 0.4) is 0 Å². The third kappa shape index (κ3) is 4.82. The maximum Gasteiger partial charge on any atom is 0.256 e. The van der Waals surface area contributed by atoms with Gasteiger partial charge in [-0.1, -0.05) is 12.8 Å². The van der Waals surface area contributed by atoms with E-state index in [1.165, 1.54) is 18.5 Å². The molecular formula is C12H18N2O3. The van der Waals surface area contributed by atoms with E-state index in [1.807, 2.05) is 0 Å². The molecule has 0 fully saturated rings. The Balaban J connectivity index is 2.26. The molecule has 0 aromatic carbocycles. The molecule has 0 unspecified atom stereocenters. The van der Waals surface area contributed by atoms with Gasteiger partial charge in [0, 0.05) is 31.6 Å². The average molecular weight is 238 g/mol. The molecule has 1 aromatic heterocycles. The van der Waals surface area contributed by atoms with Crippen LogP contribution in [0.4, 0.5) is 0 Å². The molecule has 0 saturated carbocycles. The highest BCUT2D eigenvalue weighted by molar-refractivity contribution is 5.93. The van der Waals surface area contributed by atoms with E-state index in [0.717, 1.165) is 25.7 Å². The summed E-state index contributed by atoms with van der Waals surface area (Å²) in [4.78, 5) is 25.6. The summed E-state index contributed by atoms with van der Waals surface area (Å²) in [5, 5.41) is 11.3. The Morgan fingerprint density at radius 1 is 1.29 bits per heavy atom. The molecule has 0 radical (unpaired) electrons. The molecule has 1 heterocycles. The molecule has 0 bridgehead atoms. The van der Waals surface area contributed by atoms with Crippen molar-refractivity contribution in [3.63, 3.8) is 0 Å². The van der Waals surface area contributed by atoms with Crippen LogP contribution in [-0.4, -0.2) is 29.1 Å². The van der Waals surface area contributed by atoms with Crippen LogP contribution in [0.5, 0.6) is 0 Å². The van der Waals surface area contributed by atoms with Crippen molar-refractivity contribution < 1.29 is 9.90 Å². The Morgan fingerprint density at radius 2 is 2.06 bits per heavy atom. The number of aromatic amines is 1. The van der Waals surface area contributed by atoms with E-state index >= 15 is 0 Å². The molecule has 1 aromatic rings. The fourth-order valence-electron chi connectivity index (χ4n) is 1.48. The number of carbonyl (C=O) groups is 1. The van der Waals surface area contributed by atoms with Crippen LogP contribution < -0.4 is 10.7 Å². The van der Waals surface area contributed by atoms with E-state index in [4.69, 9.17) is 5.11 Å². The van der Waals surface area contributed by atoms with E-state index in [0.29, 0.717) is 6.54 Å². The maximum absolute atomic E-state index is 11.6. The van der Waals surface area contributed by atoms with Gasteiger partial charge in [-0.2, -0.15) is 0 Å². The lowest BCUT2D eigenvalue weighted by Gasteiger charge is -2.04. The average Bonchev–Trinajstić information content (AvgIpc) is 2.34. The number of amides is 1. The topological polar surface area (TPSA) is 82.2 Å². The SMILES string of the molecule is O=C(NCCCCCCO)c1c[nH]ccc1=O. The number of unbranched alkanes of at least 4 members (excludes halogenated alkanes) is 3. The lowest BCUT2D eigenvalue weighted by molar-refractivity contribution is 0.0951. The first-order valence-corrected chi connectivity index (χ1v) is 5.82. The van der Waals surface area contributed by atoms with Crippen molar-refractivity contribution >= 4 is 5.91 Å². The Labute approximate surface area is 99.9 Å². The number of carbonyl (C=O) groups excluding carboxylic acids is 1. The smallest absolute Gasteiger partial charge is 0.256 e. The van der Waals surface area contributed by atoms with E-state index in [9.17, 15) is 9.59 Å². The Bertz CT molecular complexity index is 401. The minimum Gasteiger partial charge on any atom is -0.396 e. The molecule has 0 spiro atoms. The van der Waals surface area contributed by atoms with Gasteiger partial charge >= 0.3 is 0 Å². The summed E-state index contributed by atoms with van der Waals surface area (Å²) >= 11 is 0. The predicted molar refractivity (Wildman–Crippen MR) is 64.9 cm³/mol. The van der Waals surface area contributed by atoms with Crippen LogP contribution in [-0.2, 0) is 0 Å². The minimum absolute atomic E-state index is 0.142. The van der Waals surface area contributed by atoms with E-state index in [2.05, 4.69) is 10.3 Å². The van der Waals surface area contributed by atoms with E-state index in [1.54, 1.807) is 0 Å². The lowest BCUT2D eigenvalue weighted by atomic mass is 10.2. The fraction of sp³-hybridized carbons (Fsp3) is 0.500. The van der Waals surface area contributed by atoms with Crippen LogP contribution in [0, 0.1) is 0 Å². The van der Waals surface area contributed by atoms with Crippen molar-refractivity contribution in [2.75, 3.05) is 13.2 Å². The number of aliphatic hydroxyl groups is 1. The first-order valence-electron chi connectivity index (χ1n) is 5.82. The quantitative estimate of drug-likeness (QED) is 0.610. The van der Waals surface area contributed by atoms with Crippen molar-refractivity contribution in [2.24, 2.45) is 0 Å². The molecule has 5 heteroatoms. The standard InChI is InChI=1S/C12H18N2O3/c15-8-4-2-1-3-6-14-12(17)10-9-13-7-5-11(10)16/h5,7,9,15H,1-4,6,8H2,(H,13,16)(H,14,17). The molecule has 1 amide bonds. The summed E-state index contributed by atoms with van der Waals surface area (Å²) in [6, 6.07) is 1.33. The zero-order valence-corrected chi connectivity index (χ0v) is 9.74. The summed E-state index contributed by atoms with van der Waals surface area (Å²) in [6.45, 7) is 0.768. The highest BCUT2D eigenvalue weighted by Gasteiger charge is 2.07. The second kappa shape index (κ2) is 7.62. The third-order valence-electron chi connectivity index (χ3n) is 2.44. The number of hydrogen-bond acceptors (Lipinski definition) is 3. The Morgan fingerprint density at radius 3 is 2.76 bits per heavy atom. The molecule has 0 aliphatic carbocycles. The minimum atomic E-state index is -0.339. The molecule has 0 aliphatic rings. The molecule has 0 saturated heterocycles. The van der Waals surface area contributed by atoms with Gasteiger partial charge in [-0.15, -0.1) is 0 Å². The zero-order chi connectivity index (χ0) is 12.5. The van der Waals surface area contributed by atoms with Crippen LogP contribution in [0.25, 0.3) is 0 Å². The predicted octanol–water partition coefficient (Wildman–Crippen LogP) is 0.657. The van der Waals surface area contributed by atoms with Crippen molar-refractivity contribution in [3.05, 3.63) is 34.2 Å². The molecule has 3 N–H and O–H groups in total. The third-order valence-corrected chi connectivity index (χ3v) is 2.44. The van der Waals surface area contributed by atoms with Gasteiger partial charge in [-0.3, -0.25) is 9.59 Å². The van der Waals surface area contributed by atoms with Gasteiger partial charge in [-0.05, 0) is 12.8 Å². The Hall–Kier alpha value is -1.62. The van der Waals surface area contributed by atoms with E-state index < -0.39 is 0 Å². The second-order valence-corrected chi connectivity index (χ2v) is 3.82. The van der Waals surface area contributed by atoms with Gasteiger partial charge in [-0.25, -0.2) is 0 Å². The van der Waals surface area contributed by atoms with Crippen molar-refractivity contribution in [1.82, 2.24) is 10.3 Å². The van der Waals surface area contributed by atoms with Crippen molar-refractivity contribution in [1.29, 1.82) is 0 Å². The zero-order valence-electron chi connectivity index (χ0n) is 9.74. The van der Waals surface area contributed by atoms with Gasteiger partial charge in [0.15, 0.2) is 5.43 Å². The van der Waals surface area contributed by atoms with Gasteiger partial charge in [0.05, 0.1) is 0 Å². The summed E-state index contributed by atoms with van der Waals surface area (Å²) in [5.41, 5.74) is -0.135. The number of rotatable bonds is 7. The maximum atomic E-state index is 11.6. The second-order valence-electron chi connectivity index (χ2n) is 3.82. The van der Waals surface area contributed by atoms with Crippen LogP contribution in [0.1, 0.15) is 36.0 Å². The summed E-state index contributed by atoms with van der Waals surface area (Å²) in [5.74, 6) is -0.339. The highest BCUT2D eigenvalue weighted by Crippen LogP contribution is 1.98. The molecule has 0 aliphatic heterocycles. The Kier molecular flexibility index (Phi) is 6.03. The molecule has 17 heavy (non-hydrogen) atoms. The monoisotopic (exact) mass is 238 g/mol. The molecule has 0 atom stereocenters. The van der Waals surface area contributed by atoms with Crippen LogP contribution >= 0.6 is 0 Å². The van der Waals surface area contributed by atoms with Gasteiger partial charge in [0.25, 0.3) is 5.91 Å². The molecule has 5 nitrogen and oxygen atoms in total. The lowest BCUT2D eigenvalue weighted by Crippen LogP contribution is -2.29. The summed E-state index contributed by atoms with van der Waals surface area (Å²) < 4.78 is 0. The van der Waals surface area contributed by atoms with Crippen LogP contribution in [0.2, 0.25) is 0 Å². The first-order chi connectivity index (χ1) is 8.25. The number of aliphatic hydroxyl groups excluding tert-OH is 1. The highest BCUT2D eigenvalue weighted by atomic mass is 16.2. The van der Waals surface area contributed by atoms with Gasteiger partial charge in [0.1, 0.15) is 5.56 Å². The van der Waals surface area contributed by atoms with Crippen molar-refractivity contribution in [3.8, 4) is 0 Å². The van der Waals surface area contributed by atoms with Crippen molar-refractivity contribution in [2.45, 2.75) is 25.7 Å². The first kappa shape index (κ1) is 13.4. The molecule has 1 rings (SSSR count). The number of aromatic nitrogens is 1. The number of H-pyrrole nitrogens is 1. The van der Waals surface area contributed by atoms with Gasteiger partial charge < -0.3 is 15.4 Å². The molecule has 94 valence electrons. The number of nitrogens with one attached hydrogen (secondary N) is 2. The summed E-state index contributed by atoms with van der Waals surface area (Å²) in [6.07, 6.45) is 6.48. The number of hydrogen-bond donors (Lipinski definition) is 3. The van der Waals surface area contributed by atoms with Gasteiger partial charge in [0.2, 0.25) is 0 Å². The fourth-order valence-corrected chi connectivity index (χ4v) is 1.48. The number of pyridine rings is 1. The van der Waals surface area contributed by atoms with E-state index in [-0.39, 0.29) is 23.5 Å². The molecular weight excluding hydrogens is 220 g/mol. The summed E-state index contributed by atoms with van der Waals surface area (Å²) in [7, 11) is 0. The normalized spacial score (nSPS) is 10.2. The van der Waals surface area contributed by atoms with Crippen LogP contribution in [0.15, 0.2) is 23.3 Å².